The Balaban J connectivity index is 3.12. The van der Waals surface area contributed by atoms with Gasteiger partial charge in [-0.3, -0.25) is 9.59 Å². The van der Waals surface area contributed by atoms with E-state index in [0.717, 1.165) is 0 Å². The molecule has 0 fully saturated rings. The van der Waals surface area contributed by atoms with Crippen LogP contribution in [0.25, 0.3) is 0 Å². The lowest BCUT2D eigenvalue weighted by Gasteiger charge is -2.13. The zero-order valence-corrected chi connectivity index (χ0v) is 9.93. The van der Waals surface area contributed by atoms with Gasteiger partial charge in [-0.25, -0.2) is 0 Å². The summed E-state index contributed by atoms with van der Waals surface area (Å²) in [5, 5.41) is 0. The van der Waals surface area contributed by atoms with Crippen LogP contribution in [-0.2, 0) is 19.1 Å². The molecular formula is C12H14O5. The molecule has 0 unspecified atom stereocenters. The highest BCUT2D eigenvalue weighted by atomic mass is 16.5. The normalized spacial score (nSPS) is 9.88. The molecule has 0 aliphatic rings. The summed E-state index contributed by atoms with van der Waals surface area (Å²) in [6.45, 7) is 0. The minimum Gasteiger partial charge on any atom is -0.497 e. The monoisotopic (exact) mass is 238 g/mol. The quantitative estimate of drug-likeness (QED) is 0.581. The third-order valence-corrected chi connectivity index (χ3v) is 2.30. The molecule has 0 aliphatic carbocycles. The molecule has 0 saturated heterocycles. The molecule has 1 rings (SSSR count). The molecule has 0 heterocycles. The summed E-state index contributed by atoms with van der Waals surface area (Å²) in [6.07, 6.45) is 0. The van der Waals surface area contributed by atoms with Crippen molar-refractivity contribution in [3.05, 3.63) is 29.8 Å². The van der Waals surface area contributed by atoms with Gasteiger partial charge in [0.25, 0.3) is 0 Å². The van der Waals surface area contributed by atoms with Crippen molar-refractivity contribution in [2.75, 3.05) is 21.3 Å². The number of methoxy groups -OCH3 is 3. The summed E-state index contributed by atoms with van der Waals surface area (Å²) in [6, 6.07) is 6.64. The number of benzene rings is 1. The third-order valence-electron chi connectivity index (χ3n) is 2.30. The van der Waals surface area contributed by atoms with Crippen LogP contribution in [0.5, 0.6) is 5.75 Å². The maximum atomic E-state index is 11.5. The summed E-state index contributed by atoms with van der Waals surface area (Å²) in [5.74, 6) is -1.85. The van der Waals surface area contributed by atoms with E-state index >= 15 is 0 Å². The van der Waals surface area contributed by atoms with E-state index in [0.29, 0.717) is 11.3 Å². The SMILES string of the molecule is COC(=O)C(C(=O)OC)c1cccc(OC)c1. The molecule has 0 N–H and O–H groups in total. The summed E-state index contributed by atoms with van der Waals surface area (Å²) in [4.78, 5) is 23.1. The first kappa shape index (κ1) is 13.0. The molecule has 1 aromatic carbocycles. The Bertz CT molecular complexity index is 397. The maximum absolute atomic E-state index is 11.5. The highest BCUT2D eigenvalue weighted by molar-refractivity contribution is 6.00. The Morgan fingerprint density at radius 1 is 1.06 bits per heavy atom. The van der Waals surface area contributed by atoms with E-state index in [4.69, 9.17) is 4.74 Å². The van der Waals surface area contributed by atoms with Crippen LogP contribution in [0.15, 0.2) is 24.3 Å². The van der Waals surface area contributed by atoms with Gasteiger partial charge in [0.2, 0.25) is 0 Å². The van der Waals surface area contributed by atoms with Crippen LogP contribution in [-0.4, -0.2) is 33.3 Å². The first-order valence-corrected chi connectivity index (χ1v) is 4.93. The van der Waals surface area contributed by atoms with Crippen molar-refractivity contribution >= 4 is 11.9 Å². The van der Waals surface area contributed by atoms with Gasteiger partial charge in [-0.1, -0.05) is 12.1 Å². The number of esters is 2. The van der Waals surface area contributed by atoms with Gasteiger partial charge in [-0.05, 0) is 17.7 Å². The average Bonchev–Trinajstić information content (AvgIpc) is 2.38. The molecule has 0 radical (unpaired) electrons. The molecule has 17 heavy (non-hydrogen) atoms. The van der Waals surface area contributed by atoms with E-state index < -0.39 is 17.9 Å². The molecule has 0 aliphatic heterocycles. The first-order chi connectivity index (χ1) is 8.13. The van der Waals surface area contributed by atoms with Crippen molar-refractivity contribution in [1.82, 2.24) is 0 Å². The molecule has 5 nitrogen and oxygen atoms in total. The van der Waals surface area contributed by atoms with Crippen LogP contribution in [0, 0.1) is 0 Å². The van der Waals surface area contributed by atoms with E-state index in [1.807, 2.05) is 0 Å². The van der Waals surface area contributed by atoms with Crippen LogP contribution < -0.4 is 4.74 Å². The van der Waals surface area contributed by atoms with Crippen molar-refractivity contribution in [1.29, 1.82) is 0 Å². The van der Waals surface area contributed by atoms with Gasteiger partial charge in [-0.15, -0.1) is 0 Å². The van der Waals surface area contributed by atoms with E-state index in [-0.39, 0.29) is 0 Å². The maximum Gasteiger partial charge on any atom is 0.324 e. The van der Waals surface area contributed by atoms with Gasteiger partial charge < -0.3 is 14.2 Å². The van der Waals surface area contributed by atoms with Crippen molar-refractivity contribution in [2.45, 2.75) is 5.92 Å². The van der Waals surface area contributed by atoms with E-state index in [1.54, 1.807) is 24.3 Å². The van der Waals surface area contributed by atoms with Crippen molar-refractivity contribution in [3.8, 4) is 5.75 Å². The lowest BCUT2D eigenvalue weighted by molar-refractivity contribution is -0.154. The smallest absolute Gasteiger partial charge is 0.324 e. The number of carbonyl (C=O) groups is 2. The lowest BCUT2D eigenvalue weighted by atomic mass is 9.99. The highest BCUT2D eigenvalue weighted by Gasteiger charge is 2.30. The summed E-state index contributed by atoms with van der Waals surface area (Å²) >= 11 is 0. The second kappa shape index (κ2) is 5.89. The van der Waals surface area contributed by atoms with Gasteiger partial charge in [-0.2, -0.15) is 0 Å². The lowest BCUT2D eigenvalue weighted by Crippen LogP contribution is -2.24. The molecule has 0 bridgehead atoms. The van der Waals surface area contributed by atoms with Crippen LogP contribution >= 0.6 is 0 Å². The fourth-order valence-electron chi connectivity index (χ4n) is 1.43. The van der Waals surface area contributed by atoms with E-state index in [1.165, 1.54) is 21.3 Å². The standard InChI is InChI=1S/C12H14O5/c1-15-9-6-4-5-8(7-9)10(11(13)16-2)12(14)17-3/h4-7,10H,1-3H3. The summed E-state index contributed by atoms with van der Waals surface area (Å²) < 4.78 is 14.2. The van der Waals surface area contributed by atoms with Crippen LogP contribution in [0.1, 0.15) is 11.5 Å². The van der Waals surface area contributed by atoms with Crippen molar-refractivity contribution in [3.63, 3.8) is 0 Å². The molecule has 0 saturated carbocycles. The molecule has 5 heteroatoms. The Hall–Kier alpha value is -2.04. The van der Waals surface area contributed by atoms with E-state index in [9.17, 15) is 9.59 Å². The summed E-state index contributed by atoms with van der Waals surface area (Å²) in [7, 11) is 3.95. The Labute approximate surface area is 99.3 Å². The second-order valence-corrected chi connectivity index (χ2v) is 3.26. The number of hydrogen-bond donors (Lipinski definition) is 0. The zero-order valence-electron chi connectivity index (χ0n) is 9.93. The predicted octanol–water partition coefficient (Wildman–Crippen LogP) is 1.12. The Kier molecular flexibility index (Phi) is 4.51. The highest BCUT2D eigenvalue weighted by Crippen LogP contribution is 2.23. The second-order valence-electron chi connectivity index (χ2n) is 3.26. The van der Waals surface area contributed by atoms with Gasteiger partial charge in [0.05, 0.1) is 21.3 Å². The van der Waals surface area contributed by atoms with E-state index in [2.05, 4.69) is 9.47 Å². The first-order valence-electron chi connectivity index (χ1n) is 4.93. The molecular weight excluding hydrogens is 224 g/mol. The minimum absolute atomic E-state index is 0.475. The van der Waals surface area contributed by atoms with Gasteiger partial charge in [0.1, 0.15) is 5.75 Å². The van der Waals surface area contributed by atoms with Crippen LogP contribution in [0.4, 0.5) is 0 Å². The number of rotatable bonds is 4. The summed E-state index contributed by atoms with van der Waals surface area (Å²) in [5.41, 5.74) is 0.475. The van der Waals surface area contributed by atoms with Gasteiger partial charge in [0, 0.05) is 0 Å². The van der Waals surface area contributed by atoms with Gasteiger partial charge >= 0.3 is 11.9 Å². The number of carbonyl (C=O) groups excluding carboxylic acids is 2. The fourth-order valence-corrected chi connectivity index (χ4v) is 1.43. The number of hydrogen-bond acceptors (Lipinski definition) is 5. The molecule has 0 amide bonds. The molecule has 0 spiro atoms. The molecule has 1 aromatic rings. The van der Waals surface area contributed by atoms with Crippen molar-refractivity contribution in [2.24, 2.45) is 0 Å². The average molecular weight is 238 g/mol. The molecule has 0 atom stereocenters. The Morgan fingerprint density at radius 3 is 2.12 bits per heavy atom. The van der Waals surface area contributed by atoms with Gasteiger partial charge in [0.15, 0.2) is 5.92 Å². The molecule has 92 valence electrons. The zero-order chi connectivity index (χ0) is 12.8. The van der Waals surface area contributed by atoms with Crippen LogP contribution in [0.3, 0.4) is 0 Å². The predicted molar refractivity (Wildman–Crippen MR) is 59.8 cm³/mol. The fraction of sp³-hybridized carbons (Fsp3) is 0.333. The molecule has 0 aromatic heterocycles. The Morgan fingerprint density at radius 2 is 1.65 bits per heavy atom. The van der Waals surface area contributed by atoms with Crippen LogP contribution in [0.2, 0.25) is 0 Å². The largest absolute Gasteiger partial charge is 0.497 e. The minimum atomic E-state index is -1.08. The third kappa shape index (κ3) is 2.96. The topological polar surface area (TPSA) is 61.8 Å². The number of ether oxygens (including phenoxy) is 3. The van der Waals surface area contributed by atoms with Crippen molar-refractivity contribution < 1.29 is 23.8 Å².